The summed E-state index contributed by atoms with van der Waals surface area (Å²) in [5, 5.41) is 2.52. The van der Waals surface area contributed by atoms with Gasteiger partial charge in [0.2, 0.25) is 5.91 Å². The maximum absolute atomic E-state index is 10.4. The molecule has 0 saturated heterocycles. The van der Waals surface area contributed by atoms with Gasteiger partial charge in [-0.3, -0.25) is 4.79 Å². The van der Waals surface area contributed by atoms with E-state index in [-0.39, 0.29) is 9.83 Å². The van der Waals surface area contributed by atoms with Crippen LogP contribution in [0.3, 0.4) is 0 Å². The SMILES string of the molecule is CNC(=O)[C@@H](C)I. The molecule has 0 fully saturated rings. The Labute approximate surface area is 56.8 Å². The van der Waals surface area contributed by atoms with Crippen LogP contribution in [0.2, 0.25) is 0 Å². The smallest absolute Gasteiger partial charge is 0.232 e. The summed E-state index contributed by atoms with van der Waals surface area (Å²) >= 11 is 2.06. The van der Waals surface area contributed by atoms with E-state index < -0.39 is 0 Å². The molecule has 2 nitrogen and oxygen atoms in total. The largest absolute Gasteiger partial charge is 0.358 e. The Hall–Kier alpha value is 0.200. The third-order valence-electron chi connectivity index (χ3n) is 0.608. The topological polar surface area (TPSA) is 29.1 Å². The van der Waals surface area contributed by atoms with Crippen LogP contribution in [-0.4, -0.2) is 16.9 Å². The Balaban J connectivity index is 3.35. The van der Waals surface area contributed by atoms with Gasteiger partial charge in [-0.05, 0) is 6.92 Å². The van der Waals surface area contributed by atoms with Gasteiger partial charge in [-0.15, -0.1) is 0 Å². The molecule has 0 aromatic carbocycles. The van der Waals surface area contributed by atoms with Crippen LogP contribution >= 0.6 is 22.6 Å². The molecule has 3 heteroatoms. The van der Waals surface area contributed by atoms with Gasteiger partial charge in [-0.1, -0.05) is 22.6 Å². The first-order valence-corrected chi connectivity index (χ1v) is 3.28. The van der Waals surface area contributed by atoms with Crippen molar-refractivity contribution in [1.82, 2.24) is 5.32 Å². The Morgan fingerprint density at radius 1 is 1.86 bits per heavy atom. The number of nitrogens with one attached hydrogen (secondary N) is 1. The van der Waals surface area contributed by atoms with Crippen LogP contribution in [0.25, 0.3) is 0 Å². The van der Waals surface area contributed by atoms with E-state index in [1.54, 1.807) is 7.05 Å². The molecule has 0 aromatic heterocycles. The molecule has 0 radical (unpaired) electrons. The number of halogens is 1. The molecule has 0 spiro atoms. The van der Waals surface area contributed by atoms with Crippen LogP contribution < -0.4 is 5.32 Å². The van der Waals surface area contributed by atoms with E-state index >= 15 is 0 Å². The highest BCUT2D eigenvalue weighted by Gasteiger charge is 2.02. The monoisotopic (exact) mass is 213 g/mol. The van der Waals surface area contributed by atoms with Crippen molar-refractivity contribution in [3.05, 3.63) is 0 Å². The maximum Gasteiger partial charge on any atom is 0.232 e. The van der Waals surface area contributed by atoms with Gasteiger partial charge in [0.05, 0.1) is 3.92 Å². The minimum atomic E-state index is 0.0839. The van der Waals surface area contributed by atoms with Gasteiger partial charge in [0.25, 0.3) is 0 Å². The first-order chi connectivity index (χ1) is 3.18. The van der Waals surface area contributed by atoms with Crippen molar-refractivity contribution in [2.45, 2.75) is 10.8 Å². The van der Waals surface area contributed by atoms with E-state index in [2.05, 4.69) is 27.9 Å². The van der Waals surface area contributed by atoms with Crippen LogP contribution in [0.4, 0.5) is 0 Å². The van der Waals surface area contributed by atoms with Crippen molar-refractivity contribution in [2.75, 3.05) is 7.05 Å². The number of hydrogen-bond donors (Lipinski definition) is 1. The summed E-state index contributed by atoms with van der Waals surface area (Å²) in [7, 11) is 1.64. The summed E-state index contributed by atoms with van der Waals surface area (Å²) in [5.74, 6) is 0.0839. The molecular formula is C4H8INO. The average molecular weight is 213 g/mol. The standard InChI is InChI=1S/C4H8INO/c1-3(5)4(7)6-2/h3H,1-2H3,(H,6,7)/t3-/m1/s1. The minimum Gasteiger partial charge on any atom is -0.358 e. The zero-order valence-corrected chi connectivity index (χ0v) is 6.52. The van der Waals surface area contributed by atoms with Crippen molar-refractivity contribution in [3.63, 3.8) is 0 Å². The Morgan fingerprint density at radius 2 is 2.29 bits per heavy atom. The molecule has 7 heavy (non-hydrogen) atoms. The van der Waals surface area contributed by atoms with E-state index in [4.69, 9.17) is 0 Å². The molecule has 1 atom stereocenters. The maximum atomic E-state index is 10.4. The van der Waals surface area contributed by atoms with Crippen molar-refractivity contribution in [2.24, 2.45) is 0 Å². The van der Waals surface area contributed by atoms with Gasteiger partial charge in [0.15, 0.2) is 0 Å². The summed E-state index contributed by atoms with van der Waals surface area (Å²) in [6, 6.07) is 0. The molecule has 0 aromatic rings. The number of rotatable bonds is 1. The molecule has 1 N–H and O–H groups in total. The Bertz CT molecular complexity index is 72.1. The highest BCUT2D eigenvalue weighted by Crippen LogP contribution is 1.95. The van der Waals surface area contributed by atoms with Crippen molar-refractivity contribution in [1.29, 1.82) is 0 Å². The molecule has 0 bridgehead atoms. The van der Waals surface area contributed by atoms with Crippen LogP contribution in [0.1, 0.15) is 6.92 Å². The van der Waals surface area contributed by atoms with E-state index in [1.807, 2.05) is 6.92 Å². The third-order valence-corrected chi connectivity index (χ3v) is 1.17. The first kappa shape index (κ1) is 7.20. The molecule has 0 unspecified atom stereocenters. The zero-order chi connectivity index (χ0) is 5.86. The van der Waals surface area contributed by atoms with Crippen molar-refractivity contribution >= 4 is 28.5 Å². The number of alkyl halides is 1. The van der Waals surface area contributed by atoms with Gasteiger partial charge in [-0.2, -0.15) is 0 Å². The second-order valence-electron chi connectivity index (χ2n) is 1.23. The fourth-order valence-corrected chi connectivity index (χ4v) is 0.510. The van der Waals surface area contributed by atoms with Gasteiger partial charge >= 0.3 is 0 Å². The lowest BCUT2D eigenvalue weighted by Crippen LogP contribution is -2.24. The predicted molar refractivity (Wildman–Crippen MR) is 37.5 cm³/mol. The average Bonchev–Trinajstić information content (AvgIpc) is 1.65. The first-order valence-electron chi connectivity index (χ1n) is 2.04. The molecule has 0 aliphatic carbocycles. The number of hydrogen-bond acceptors (Lipinski definition) is 1. The molecule has 0 heterocycles. The normalized spacial score (nSPS) is 13.0. The fourth-order valence-electron chi connectivity index (χ4n) is 0.199. The Kier molecular flexibility index (Phi) is 3.33. The molecule has 1 amide bonds. The highest BCUT2D eigenvalue weighted by atomic mass is 127. The molecule has 0 rings (SSSR count). The molecular weight excluding hydrogens is 205 g/mol. The van der Waals surface area contributed by atoms with E-state index in [9.17, 15) is 4.79 Å². The summed E-state index contributed by atoms with van der Waals surface area (Å²) < 4.78 is 0.0857. The summed E-state index contributed by atoms with van der Waals surface area (Å²) in [4.78, 5) is 10.4. The number of amides is 1. The van der Waals surface area contributed by atoms with Crippen molar-refractivity contribution < 1.29 is 4.79 Å². The lowest BCUT2D eigenvalue weighted by Gasteiger charge is -1.97. The highest BCUT2D eigenvalue weighted by molar-refractivity contribution is 14.1. The molecule has 0 saturated carbocycles. The molecule has 0 aliphatic rings. The molecule has 42 valence electrons. The summed E-state index contributed by atoms with van der Waals surface area (Å²) in [6.07, 6.45) is 0. The van der Waals surface area contributed by atoms with Gasteiger partial charge < -0.3 is 5.32 Å². The quantitative estimate of drug-likeness (QED) is 0.500. The summed E-state index contributed by atoms with van der Waals surface area (Å²) in [5.41, 5.74) is 0. The fraction of sp³-hybridized carbons (Fsp3) is 0.750. The van der Waals surface area contributed by atoms with Crippen LogP contribution in [0, 0.1) is 0 Å². The third kappa shape index (κ3) is 2.85. The number of carbonyl (C=O) groups is 1. The van der Waals surface area contributed by atoms with Gasteiger partial charge in [0, 0.05) is 7.05 Å². The lowest BCUT2D eigenvalue weighted by molar-refractivity contribution is -0.119. The number of carbonyl (C=O) groups excluding carboxylic acids is 1. The minimum absolute atomic E-state index is 0.0839. The summed E-state index contributed by atoms with van der Waals surface area (Å²) in [6.45, 7) is 1.85. The van der Waals surface area contributed by atoms with Crippen LogP contribution in [-0.2, 0) is 4.79 Å². The van der Waals surface area contributed by atoms with Gasteiger partial charge in [0.1, 0.15) is 0 Å². The van der Waals surface area contributed by atoms with Gasteiger partial charge in [-0.25, -0.2) is 0 Å². The lowest BCUT2D eigenvalue weighted by atomic mass is 10.5. The van der Waals surface area contributed by atoms with E-state index in [0.29, 0.717) is 0 Å². The second-order valence-corrected chi connectivity index (χ2v) is 3.10. The predicted octanol–water partition coefficient (Wildman–Crippen LogP) is 0.556. The van der Waals surface area contributed by atoms with Crippen molar-refractivity contribution in [3.8, 4) is 0 Å². The van der Waals surface area contributed by atoms with Crippen LogP contribution in [0.15, 0.2) is 0 Å². The zero-order valence-electron chi connectivity index (χ0n) is 4.36. The van der Waals surface area contributed by atoms with E-state index in [0.717, 1.165) is 0 Å². The van der Waals surface area contributed by atoms with E-state index in [1.165, 1.54) is 0 Å². The Morgan fingerprint density at radius 3 is 2.29 bits per heavy atom. The molecule has 0 aliphatic heterocycles. The second kappa shape index (κ2) is 3.23. The van der Waals surface area contributed by atoms with Crippen LogP contribution in [0.5, 0.6) is 0 Å².